The van der Waals surface area contributed by atoms with Gasteiger partial charge in [0.25, 0.3) is 0 Å². The summed E-state index contributed by atoms with van der Waals surface area (Å²) in [6, 6.07) is -0.208. The SMILES string of the molecule is CC(C)N1CC(NC(=O)N(C)CCO)CC1=O. The van der Waals surface area contributed by atoms with Crippen LogP contribution in [0.2, 0.25) is 0 Å². The molecular formula is C11H21N3O3. The summed E-state index contributed by atoms with van der Waals surface area (Å²) >= 11 is 0. The number of carbonyl (C=O) groups excluding carboxylic acids is 2. The molecule has 0 aromatic carbocycles. The van der Waals surface area contributed by atoms with Crippen molar-refractivity contribution in [3.63, 3.8) is 0 Å². The van der Waals surface area contributed by atoms with Gasteiger partial charge < -0.3 is 20.2 Å². The molecule has 6 heteroatoms. The molecule has 17 heavy (non-hydrogen) atoms. The third-order valence-corrected chi connectivity index (χ3v) is 2.89. The van der Waals surface area contributed by atoms with Crippen molar-refractivity contribution in [2.75, 3.05) is 26.7 Å². The van der Waals surface area contributed by atoms with Crippen LogP contribution in [0, 0.1) is 0 Å². The van der Waals surface area contributed by atoms with Crippen LogP contribution in [0.25, 0.3) is 0 Å². The van der Waals surface area contributed by atoms with Gasteiger partial charge in [-0.3, -0.25) is 4.79 Å². The zero-order chi connectivity index (χ0) is 13.0. The van der Waals surface area contributed by atoms with Crippen LogP contribution in [-0.2, 0) is 4.79 Å². The summed E-state index contributed by atoms with van der Waals surface area (Å²) < 4.78 is 0. The molecular weight excluding hydrogens is 222 g/mol. The quantitative estimate of drug-likeness (QED) is 0.707. The van der Waals surface area contributed by atoms with E-state index in [1.54, 1.807) is 11.9 Å². The monoisotopic (exact) mass is 243 g/mol. The van der Waals surface area contributed by atoms with Crippen molar-refractivity contribution in [1.29, 1.82) is 0 Å². The zero-order valence-corrected chi connectivity index (χ0v) is 10.6. The van der Waals surface area contributed by atoms with Crippen molar-refractivity contribution < 1.29 is 14.7 Å². The average molecular weight is 243 g/mol. The minimum absolute atomic E-state index is 0.0639. The van der Waals surface area contributed by atoms with Gasteiger partial charge in [0.05, 0.1) is 12.6 Å². The molecule has 0 aromatic rings. The highest BCUT2D eigenvalue weighted by molar-refractivity contribution is 5.81. The summed E-state index contributed by atoms with van der Waals surface area (Å²) in [7, 11) is 1.61. The molecule has 0 bridgehead atoms. The number of likely N-dealkylation sites (N-methyl/N-ethyl adjacent to an activating group) is 1. The molecule has 0 aromatic heterocycles. The first-order valence-electron chi connectivity index (χ1n) is 5.87. The van der Waals surface area contributed by atoms with Crippen molar-refractivity contribution in [3.8, 4) is 0 Å². The molecule has 1 heterocycles. The molecule has 0 saturated carbocycles. The Bertz CT molecular complexity index is 294. The first-order chi connectivity index (χ1) is 7.95. The largest absolute Gasteiger partial charge is 0.395 e. The van der Waals surface area contributed by atoms with E-state index in [9.17, 15) is 9.59 Å². The van der Waals surface area contributed by atoms with Crippen LogP contribution >= 0.6 is 0 Å². The van der Waals surface area contributed by atoms with Crippen molar-refractivity contribution in [3.05, 3.63) is 0 Å². The lowest BCUT2D eigenvalue weighted by molar-refractivity contribution is -0.129. The highest BCUT2D eigenvalue weighted by Crippen LogP contribution is 2.14. The number of hydrogen-bond acceptors (Lipinski definition) is 3. The van der Waals surface area contributed by atoms with E-state index >= 15 is 0 Å². The predicted octanol–water partition coefficient (Wildman–Crippen LogP) is -0.371. The third kappa shape index (κ3) is 3.59. The Morgan fingerprint density at radius 2 is 2.29 bits per heavy atom. The van der Waals surface area contributed by atoms with Crippen LogP contribution in [0.15, 0.2) is 0 Å². The van der Waals surface area contributed by atoms with Crippen LogP contribution in [0.5, 0.6) is 0 Å². The first kappa shape index (κ1) is 13.8. The summed E-state index contributed by atoms with van der Waals surface area (Å²) in [6.45, 7) is 4.71. The van der Waals surface area contributed by atoms with Crippen LogP contribution in [0.1, 0.15) is 20.3 Å². The van der Waals surface area contributed by atoms with Gasteiger partial charge in [0.2, 0.25) is 5.91 Å². The fourth-order valence-corrected chi connectivity index (χ4v) is 1.86. The van der Waals surface area contributed by atoms with Crippen molar-refractivity contribution in [1.82, 2.24) is 15.1 Å². The number of hydrogen-bond donors (Lipinski definition) is 2. The minimum Gasteiger partial charge on any atom is -0.395 e. The Balaban J connectivity index is 2.44. The topological polar surface area (TPSA) is 72.9 Å². The van der Waals surface area contributed by atoms with E-state index in [-0.39, 0.29) is 30.6 Å². The number of rotatable bonds is 4. The van der Waals surface area contributed by atoms with Gasteiger partial charge in [-0.2, -0.15) is 0 Å². The normalized spacial score (nSPS) is 19.9. The second-order valence-electron chi connectivity index (χ2n) is 4.64. The van der Waals surface area contributed by atoms with Gasteiger partial charge in [0, 0.05) is 32.6 Å². The van der Waals surface area contributed by atoms with E-state index in [1.807, 2.05) is 13.8 Å². The van der Waals surface area contributed by atoms with Gasteiger partial charge in [-0.15, -0.1) is 0 Å². The predicted molar refractivity (Wildman–Crippen MR) is 63.5 cm³/mol. The maximum Gasteiger partial charge on any atom is 0.317 e. The standard InChI is InChI=1S/C11H21N3O3/c1-8(2)14-7-9(6-10(14)16)12-11(17)13(3)4-5-15/h8-9,15H,4-7H2,1-3H3,(H,12,17). The molecule has 1 unspecified atom stereocenters. The van der Waals surface area contributed by atoms with Crippen LogP contribution in [-0.4, -0.2) is 65.7 Å². The molecule has 1 rings (SSSR count). The molecule has 1 atom stereocenters. The lowest BCUT2D eigenvalue weighted by atomic mass is 10.2. The maximum absolute atomic E-state index is 11.6. The number of likely N-dealkylation sites (tertiary alicyclic amines) is 1. The lowest BCUT2D eigenvalue weighted by Crippen LogP contribution is -2.45. The molecule has 0 spiro atoms. The van der Waals surface area contributed by atoms with E-state index in [2.05, 4.69) is 5.32 Å². The van der Waals surface area contributed by atoms with Gasteiger partial charge in [-0.05, 0) is 13.8 Å². The summed E-state index contributed by atoms with van der Waals surface area (Å²) in [5.74, 6) is 0.0788. The summed E-state index contributed by atoms with van der Waals surface area (Å²) in [5.41, 5.74) is 0. The van der Waals surface area contributed by atoms with E-state index < -0.39 is 0 Å². The van der Waals surface area contributed by atoms with E-state index in [0.717, 1.165) is 0 Å². The van der Waals surface area contributed by atoms with Gasteiger partial charge in [0.1, 0.15) is 0 Å². The number of amides is 3. The fourth-order valence-electron chi connectivity index (χ4n) is 1.86. The summed E-state index contributed by atoms with van der Waals surface area (Å²) in [4.78, 5) is 26.4. The number of carbonyl (C=O) groups is 2. The lowest BCUT2D eigenvalue weighted by Gasteiger charge is -2.22. The highest BCUT2D eigenvalue weighted by Gasteiger charge is 2.32. The second kappa shape index (κ2) is 5.86. The van der Waals surface area contributed by atoms with E-state index in [0.29, 0.717) is 19.5 Å². The minimum atomic E-state index is -0.248. The van der Waals surface area contributed by atoms with Crippen LogP contribution < -0.4 is 5.32 Å². The Hall–Kier alpha value is -1.30. The second-order valence-corrected chi connectivity index (χ2v) is 4.64. The summed E-state index contributed by atoms with van der Waals surface area (Å²) in [5, 5.41) is 11.5. The van der Waals surface area contributed by atoms with Crippen molar-refractivity contribution in [2.45, 2.75) is 32.4 Å². The number of aliphatic hydroxyl groups excluding tert-OH is 1. The van der Waals surface area contributed by atoms with E-state index in [4.69, 9.17) is 5.11 Å². The number of nitrogens with one attached hydrogen (secondary N) is 1. The zero-order valence-electron chi connectivity index (χ0n) is 10.6. The Kier molecular flexibility index (Phi) is 4.74. The molecule has 1 aliphatic heterocycles. The number of urea groups is 1. The van der Waals surface area contributed by atoms with Gasteiger partial charge in [-0.1, -0.05) is 0 Å². The Morgan fingerprint density at radius 1 is 1.65 bits per heavy atom. The molecule has 0 aliphatic carbocycles. The smallest absolute Gasteiger partial charge is 0.317 e. The Labute approximate surface area is 102 Å². The first-order valence-corrected chi connectivity index (χ1v) is 5.87. The van der Waals surface area contributed by atoms with E-state index in [1.165, 1.54) is 4.90 Å². The van der Waals surface area contributed by atoms with Gasteiger partial charge in [0.15, 0.2) is 0 Å². The molecule has 1 aliphatic rings. The molecule has 0 radical (unpaired) electrons. The maximum atomic E-state index is 11.6. The number of nitrogens with zero attached hydrogens (tertiary/aromatic N) is 2. The molecule has 3 amide bonds. The molecule has 98 valence electrons. The molecule has 1 fully saturated rings. The fraction of sp³-hybridized carbons (Fsp3) is 0.818. The number of aliphatic hydroxyl groups is 1. The highest BCUT2D eigenvalue weighted by atomic mass is 16.3. The Morgan fingerprint density at radius 3 is 2.76 bits per heavy atom. The molecule has 6 nitrogen and oxygen atoms in total. The summed E-state index contributed by atoms with van der Waals surface area (Å²) in [6.07, 6.45) is 0.358. The van der Waals surface area contributed by atoms with Crippen LogP contribution in [0.3, 0.4) is 0 Å². The average Bonchev–Trinajstić information content (AvgIpc) is 2.59. The third-order valence-electron chi connectivity index (χ3n) is 2.89. The molecule has 2 N–H and O–H groups in total. The van der Waals surface area contributed by atoms with Gasteiger partial charge in [-0.25, -0.2) is 4.79 Å². The van der Waals surface area contributed by atoms with Crippen molar-refractivity contribution >= 4 is 11.9 Å². The van der Waals surface area contributed by atoms with Gasteiger partial charge >= 0.3 is 6.03 Å². The van der Waals surface area contributed by atoms with Crippen LogP contribution in [0.4, 0.5) is 4.79 Å². The molecule has 1 saturated heterocycles. The van der Waals surface area contributed by atoms with Crippen molar-refractivity contribution in [2.24, 2.45) is 0 Å².